The first-order valence-electron chi connectivity index (χ1n) is 5.41. The Morgan fingerprint density at radius 3 is 3.00 bits per heavy atom. The fraction of sp³-hybridized carbons (Fsp3) is 0.818. The SMILES string of the molecule is C1=CCC(NCC2CCSC2)CC1. The normalized spacial score (nSPS) is 33.8. The van der Waals surface area contributed by atoms with Crippen LogP contribution in [0.2, 0.25) is 0 Å². The van der Waals surface area contributed by atoms with Crippen molar-refractivity contribution >= 4 is 11.8 Å². The molecule has 74 valence electrons. The summed E-state index contributed by atoms with van der Waals surface area (Å²) in [5, 5.41) is 3.70. The van der Waals surface area contributed by atoms with E-state index in [4.69, 9.17) is 0 Å². The van der Waals surface area contributed by atoms with Crippen LogP contribution >= 0.6 is 11.8 Å². The third-order valence-corrected chi connectivity index (χ3v) is 4.22. The van der Waals surface area contributed by atoms with Crippen LogP contribution in [0.1, 0.15) is 25.7 Å². The van der Waals surface area contributed by atoms with Gasteiger partial charge in [0.05, 0.1) is 0 Å². The van der Waals surface area contributed by atoms with E-state index < -0.39 is 0 Å². The Labute approximate surface area is 85.4 Å². The highest BCUT2D eigenvalue weighted by atomic mass is 32.2. The Bertz CT molecular complexity index is 173. The fourth-order valence-corrected chi connectivity index (χ4v) is 3.34. The van der Waals surface area contributed by atoms with Gasteiger partial charge in [-0.05, 0) is 49.7 Å². The summed E-state index contributed by atoms with van der Waals surface area (Å²) < 4.78 is 0. The summed E-state index contributed by atoms with van der Waals surface area (Å²) in [6.07, 6.45) is 9.93. The van der Waals surface area contributed by atoms with Gasteiger partial charge in [0.25, 0.3) is 0 Å². The van der Waals surface area contributed by atoms with Crippen molar-refractivity contribution in [1.29, 1.82) is 0 Å². The van der Waals surface area contributed by atoms with Gasteiger partial charge < -0.3 is 5.32 Å². The summed E-state index contributed by atoms with van der Waals surface area (Å²) in [5.74, 6) is 3.72. The van der Waals surface area contributed by atoms with Crippen LogP contribution in [-0.2, 0) is 0 Å². The molecule has 1 N–H and O–H groups in total. The molecule has 1 saturated heterocycles. The van der Waals surface area contributed by atoms with Gasteiger partial charge in [0, 0.05) is 6.04 Å². The third-order valence-electron chi connectivity index (χ3n) is 2.99. The summed E-state index contributed by atoms with van der Waals surface area (Å²) in [6.45, 7) is 1.26. The van der Waals surface area contributed by atoms with E-state index in [9.17, 15) is 0 Å². The molecule has 2 atom stereocenters. The van der Waals surface area contributed by atoms with E-state index in [-0.39, 0.29) is 0 Å². The summed E-state index contributed by atoms with van der Waals surface area (Å²) >= 11 is 2.11. The van der Waals surface area contributed by atoms with Gasteiger partial charge in [0.15, 0.2) is 0 Å². The van der Waals surface area contributed by atoms with Gasteiger partial charge in [-0.25, -0.2) is 0 Å². The molecule has 1 aliphatic heterocycles. The van der Waals surface area contributed by atoms with Crippen LogP contribution in [0.15, 0.2) is 12.2 Å². The Kier molecular flexibility index (Phi) is 3.74. The molecule has 1 nitrogen and oxygen atoms in total. The summed E-state index contributed by atoms with van der Waals surface area (Å²) in [5.41, 5.74) is 0. The number of nitrogens with one attached hydrogen (secondary N) is 1. The standard InChI is InChI=1S/C11H19NS/c1-2-4-11(5-3-1)12-8-10-6-7-13-9-10/h1-2,10-12H,3-9H2. The first kappa shape index (κ1) is 9.60. The van der Waals surface area contributed by atoms with Crippen LogP contribution in [0, 0.1) is 5.92 Å². The third kappa shape index (κ3) is 3.03. The lowest BCUT2D eigenvalue weighted by atomic mass is 10.0. The number of hydrogen-bond donors (Lipinski definition) is 1. The zero-order valence-corrected chi connectivity index (χ0v) is 8.98. The van der Waals surface area contributed by atoms with Crippen LogP contribution < -0.4 is 5.32 Å². The van der Waals surface area contributed by atoms with E-state index in [1.807, 2.05) is 0 Å². The molecule has 2 heteroatoms. The molecule has 0 spiro atoms. The van der Waals surface area contributed by atoms with Crippen LogP contribution in [0.4, 0.5) is 0 Å². The van der Waals surface area contributed by atoms with Crippen LogP contribution in [0.3, 0.4) is 0 Å². The topological polar surface area (TPSA) is 12.0 Å². The Morgan fingerprint density at radius 2 is 2.31 bits per heavy atom. The van der Waals surface area contributed by atoms with Crippen molar-refractivity contribution in [2.75, 3.05) is 18.1 Å². The lowest BCUT2D eigenvalue weighted by molar-refractivity contribution is 0.427. The van der Waals surface area contributed by atoms with Crippen molar-refractivity contribution in [3.63, 3.8) is 0 Å². The van der Waals surface area contributed by atoms with Gasteiger partial charge in [0.2, 0.25) is 0 Å². The van der Waals surface area contributed by atoms with Crippen molar-refractivity contribution in [1.82, 2.24) is 5.32 Å². The molecule has 0 aromatic rings. The zero-order chi connectivity index (χ0) is 8.93. The number of thioether (sulfide) groups is 1. The van der Waals surface area contributed by atoms with Gasteiger partial charge >= 0.3 is 0 Å². The molecule has 0 bridgehead atoms. The molecule has 0 saturated carbocycles. The molecule has 0 aromatic heterocycles. The minimum atomic E-state index is 0.774. The van der Waals surface area contributed by atoms with Gasteiger partial charge in [-0.2, -0.15) is 11.8 Å². The Morgan fingerprint density at radius 1 is 1.31 bits per heavy atom. The second-order valence-corrected chi connectivity index (χ2v) is 5.27. The lowest BCUT2D eigenvalue weighted by Crippen LogP contribution is -2.33. The first-order chi connectivity index (χ1) is 6.45. The van der Waals surface area contributed by atoms with Crippen molar-refractivity contribution in [2.24, 2.45) is 5.92 Å². The van der Waals surface area contributed by atoms with Gasteiger partial charge in [-0.1, -0.05) is 12.2 Å². The Hall–Kier alpha value is 0.0500. The molecule has 2 aliphatic rings. The Balaban J connectivity index is 1.63. The summed E-state index contributed by atoms with van der Waals surface area (Å²) in [6, 6.07) is 0.774. The maximum Gasteiger partial charge on any atom is 0.0105 e. The molecule has 1 heterocycles. The molecule has 0 amide bonds. The molecule has 2 unspecified atom stereocenters. The lowest BCUT2D eigenvalue weighted by Gasteiger charge is -2.21. The van der Waals surface area contributed by atoms with Gasteiger partial charge in [-0.15, -0.1) is 0 Å². The maximum atomic E-state index is 3.70. The van der Waals surface area contributed by atoms with E-state index in [0.29, 0.717) is 0 Å². The van der Waals surface area contributed by atoms with Crippen LogP contribution in [0.25, 0.3) is 0 Å². The molecule has 2 rings (SSSR count). The highest BCUT2D eigenvalue weighted by molar-refractivity contribution is 7.99. The van der Waals surface area contributed by atoms with Crippen molar-refractivity contribution < 1.29 is 0 Å². The number of hydrogen-bond acceptors (Lipinski definition) is 2. The highest BCUT2D eigenvalue weighted by Gasteiger charge is 2.17. The smallest absolute Gasteiger partial charge is 0.0105 e. The number of allylic oxidation sites excluding steroid dienone is 1. The monoisotopic (exact) mass is 197 g/mol. The number of rotatable bonds is 3. The van der Waals surface area contributed by atoms with Crippen molar-refractivity contribution in [3.05, 3.63) is 12.2 Å². The minimum absolute atomic E-state index is 0.774. The molecule has 1 fully saturated rings. The molecular weight excluding hydrogens is 178 g/mol. The molecular formula is C11H19NS. The van der Waals surface area contributed by atoms with E-state index in [1.165, 1.54) is 43.7 Å². The van der Waals surface area contributed by atoms with Gasteiger partial charge in [0.1, 0.15) is 0 Å². The quantitative estimate of drug-likeness (QED) is 0.697. The molecule has 13 heavy (non-hydrogen) atoms. The zero-order valence-electron chi connectivity index (χ0n) is 8.17. The first-order valence-corrected chi connectivity index (χ1v) is 6.57. The van der Waals surface area contributed by atoms with E-state index >= 15 is 0 Å². The van der Waals surface area contributed by atoms with Crippen LogP contribution in [0.5, 0.6) is 0 Å². The molecule has 1 aliphatic carbocycles. The minimum Gasteiger partial charge on any atom is -0.313 e. The van der Waals surface area contributed by atoms with Gasteiger partial charge in [-0.3, -0.25) is 0 Å². The molecule has 0 aromatic carbocycles. The average Bonchev–Trinajstić information content (AvgIpc) is 2.69. The average molecular weight is 197 g/mol. The maximum absolute atomic E-state index is 3.70. The highest BCUT2D eigenvalue weighted by Crippen LogP contribution is 2.23. The second kappa shape index (κ2) is 5.06. The predicted molar refractivity (Wildman–Crippen MR) is 60.2 cm³/mol. The van der Waals surface area contributed by atoms with E-state index in [0.717, 1.165) is 12.0 Å². The van der Waals surface area contributed by atoms with Crippen molar-refractivity contribution in [2.45, 2.75) is 31.7 Å². The predicted octanol–water partition coefficient (Wildman–Crippen LogP) is 2.44. The second-order valence-electron chi connectivity index (χ2n) is 4.12. The van der Waals surface area contributed by atoms with Crippen molar-refractivity contribution in [3.8, 4) is 0 Å². The fourth-order valence-electron chi connectivity index (χ4n) is 2.06. The van der Waals surface area contributed by atoms with Crippen LogP contribution in [-0.4, -0.2) is 24.1 Å². The van der Waals surface area contributed by atoms with E-state index in [1.54, 1.807) is 0 Å². The summed E-state index contributed by atoms with van der Waals surface area (Å²) in [4.78, 5) is 0. The largest absolute Gasteiger partial charge is 0.313 e. The van der Waals surface area contributed by atoms with E-state index in [2.05, 4.69) is 29.2 Å². The summed E-state index contributed by atoms with van der Waals surface area (Å²) in [7, 11) is 0. The molecule has 0 radical (unpaired) electrons.